The molecule has 3 rings (SSSR count). The first kappa shape index (κ1) is 37.2. The highest BCUT2D eigenvalue weighted by molar-refractivity contribution is 9.08. The van der Waals surface area contributed by atoms with Gasteiger partial charge in [-0.15, -0.1) is 8.42 Å². The van der Waals surface area contributed by atoms with Gasteiger partial charge in [0.1, 0.15) is 24.2 Å². The summed E-state index contributed by atoms with van der Waals surface area (Å²) in [6, 6.07) is 8.07. The van der Waals surface area contributed by atoms with Gasteiger partial charge in [-0.2, -0.15) is 0 Å². The first-order chi connectivity index (χ1) is 22.2. The topological polar surface area (TPSA) is 195 Å². The minimum absolute atomic E-state index is 0.193. The van der Waals surface area contributed by atoms with Crippen LogP contribution in [0.25, 0.3) is 0 Å². The second kappa shape index (κ2) is 16.5. The van der Waals surface area contributed by atoms with Gasteiger partial charge in [0.05, 0.1) is 14.2 Å². The third-order valence-corrected chi connectivity index (χ3v) is 7.49. The zero-order chi connectivity index (χ0) is 34.9. The van der Waals surface area contributed by atoms with Crippen molar-refractivity contribution in [2.24, 2.45) is 0 Å². The van der Waals surface area contributed by atoms with Gasteiger partial charge in [0.2, 0.25) is 12.4 Å². The maximum atomic E-state index is 13.1. The number of para-hydroxylation sites is 2. The molecule has 0 bridgehead atoms. The Balaban J connectivity index is 1.98. The van der Waals surface area contributed by atoms with Gasteiger partial charge in [-0.05, 0) is 12.1 Å². The highest BCUT2D eigenvalue weighted by Gasteiger charge is 2.53. The predicted octanol–water partition coefficient (Wildman–Crippen LogP) is 2.76. The van der Waals surface area contributed by atoms with Crippen molar-refractivity contribution in [2.75, 3.05) is 20.8 Å². The maximum Gasteiger partial charge on any atom is 0.501 e. The van der Waals surface area contributed by atoms with E-state index in [4.69, 9.17) is 46.3 Å². The van der Waals surface area contributed by atoms with Gasteiger partial charge in [-0.25, -0.2) is 0 Å². The molecule has 258 valence electrons. The number of hydrogen-bond donors (Lipinski definition) is 0. The molecule has 5 atom stereocenters. The van der Waals surface area contributed by atoms with Crippen LogP contribution in [0.3, 0.4) is 0 Å². The second-order valence-corrected chi connectivity index (χ2v) is 11.4. The van der Waals surface area contributed by atoms with E-state index in [9.17, 15) is 27.6 Å². The van der Waals surface area contributed by atoms with Crippen LogP contribution in [-0.2, 0) is 58.6 Å². The van der Waals surface area contributed by atoms with Crippen LogP contribution in [-0.4, -0.2) is 83.8 Å². The summed E-state index contributed by atoms with van der Waals surface area (Å²) in [7, 11) is -2.07. The molecule has 47 heavy (non-hydrogen) atoms. The predicted molar refractivity (Wildman–Crippen MR) is 161 cm³/mol. The highest BCUT2D eigenvalue weighted by Crippen LogP contribution is 2.38. The van der Waals surface area contributed by atoms with Gasteiger partial charge in [0.15, 0.2) is 29.5 Å². The molecule has 1 unspecified atom stereocenters. The average molecular weight is 750 g/mol. The Bertz CT molecular complexity index is 1540. The fourth-order valence-electron chi connectivity index (χ4n) is 4.41. The Hall–Kier alpha value is -4.29. The van der Waals surface area contributed by atoms with Crippen LogP contribution in [0.15, 0.2) is 36.4 Å². The lowest BCUT2D eigenvalue weighted by Crippen LogP contribution is -2.63. The number of rotatable bonds is 14. The molecule has 0 N–H and O–H groups in total. The number of methoxy groups -OCH3 is 2. The molecule has 2 aromatic carbocycles. The van der Waals surface area contributed by atoms with Gasteiger partial charge in [0.25, 0.3) is 0 Å². The molecular weight excluding hydrogens is 716 g/mol. The molecule has 1 saturated heterocycles. The number of alkyl halides is 1. The Morgan fingerprint density at radius 3 is 1.79 bits per heavy atom. The fourth-order valence-corrected chi connectivity index (χ4v) is 5.69. The molecule has 0 amide bonds. The van der Waals surface area contributed by atoms with Gasteiger partial charge in [-0.1, -0.05) is 28.1 Å². The largest absolute Gasteiger partial charge is 0.501 e. The van der Waals surface area contributed by atoms with Crippen molar-refractivity contribution < 1.29 is 73.9 Å². The molecule has 1 aliphatic rings. The van der Waals surface area contributed by atoms with Crippen LogP contribution in [0.5, 0.6) is 28.7 Å². The molecule has 0 aromatic heterocycles. The lowest BCUT2D eigenvalue weighted by atomic mass is 9.98. The van der Waals surface area contributed by atoms with Crippen molar-refractivity contribution in [3.8, 4) is 28.7 Å². The molecule has 18 heteroatoms. The normalized spacial score (nSPS) is 20.6. The van der Waals surface area contributed by atoms with Crippen LogP contribution < -0.4 is 22.6 Å². The Morgan fingerprint density at radius 1 is 0.745 bits per heavy atom. The monoisotopic (exact) mass is 748 g/mol. The summed E-state index contributed by atoms with van der Waals surface area (Å²) in [6.07, 6.45) is -7.49. The van der Waals surface area contributed by atoms with Gasteiger partial charge in [-0.3, -0.25) is 19.2 Å². The van der Waals surface area contributed by atoms with Crippen LogP contribution in [0, 0.1) is 0 Å². The summed E-state index contributed by atoms with van der Waals surface area (Å²) in [5.74, 6) is -3.52. The molecule has 1 fully saturated rings. The van der Waals surface area contributed by atoms with Gasteiger partial charge in [0, 0.05) is 50.7 Å². The zero-order valence-electron chi connectivity index (χ0n) is 26.1. The van der Waals surface area contributed by atoms with Crippen LogP contribution in [0.1, 0.15) is 33.3 Å². The van der Waals surface area contributed by atoms with E-state index in [1.165, 1.54) is 50.6 Å². The maximum absolute atomic E-state index is 13.1. The standard InChI is InChI=1S/C29H33BrO16S/c1-15(31)39-14-25-26(40-16(2)32)27(41-17(3)33)28(42-18(4)34)29(44-25)43-21-9-7-8-10-22(21)46-47(35,36)45-19-11-23(37-5)20(13-30)24(12-19)38-6/h7-12,25-29H,13-14H2,1-6H3/t25-,26+,27+,28-,29?/m1/s1. The van der Waals surface area contributed by atoms with Crippen molar-refractivity contribution in [2.45, 2.75) is 63.7 Å². The molecule has 0 saturated carbocycles. The molecule has 0 radical (unpaired) electrons. The van der Waals surface area contributed by atoms with Crippen molar-refractivity contribution >= 4 is 50.2 Å². The minimum atomic E-state index is -4.84. The zero-order valence-corrected chi connectivity index (χ0v) is 28.5. The summed E-state index contributed by atoms with van der Waals surface area (Å²) >= 11 is 3.32. The van der Waals surface area contributed by atoms with Crippen LogP contribution in [0.2, 0.25) is 0 Å². The molecular formula is C29H33BrO16S. The molecule has 0 spiro atoms. The smallest absolute Gasteiger partial charge is 0.496 e. The quantitative estimate of drug-likeness (QED) is 0.155. The second-order valence-electron chi connectivity index (χ2n) is 9.65. The van der Waals surface area contributed by atoms with E-state index < -0.39 is 77.3 Å². The Labute approximate surface area is 278 Å². The van der Waals surface area contributed by atoms with E-state index in [1.54, 1.807) is 0 Å². The van der Waals surface area contributed by atoms with Crippen molar-refractivity contribution in [3.05, 3.63) is 42.0 Å². The number of esters is 4. The first-order valence-corrected chi connectivity index (χ1v) is 16.1. The number of halogens is 1. The van der Waals surface area contributed by atoms with Crippen molar-refractivity contribution in [1.29, 1.82) is 0 Å². The number of ether oxygens (including phenoxy) is 8. The highest BCUT2D eigenvalue weighted by atomic mass is 79.9. The van der Waals surface area contributed by atoms with E-state index >= 15 is 0 Å². The fraction of sp³-hybridized carbons (Fsp3) is 0.448. The summed E-state index contributed by atoms with van der Waals surface area (Å²) in [4.78, 5) is 47.8. The van der Waals surface area contributed by atoms with Gasteiger partial charge >= 0.3 is 34.3 Å². The van der Waals surface area contributed by atoms with E-state index in [1.807, 2.05) is 0 Å². The molecule has 0 aliphatic carbocycles. The molecule has 2 aromatic rings. The summed E-state index contributed by atoms with van der Waals surface area (Å²) in [5, 5.41) is 0.340. The number of carbonyl (C=O) groups is 4. The van der Waals surface area contributed by atoms with E-state index in [0.29, 0.717) is 10.9 Å². The lowest BCUT2D eigenvalue weighted by molar-refractivity contribution is -0.288. The third kappa shape index (κ3) is 10.4. The van der Waals surface area contributed by atoms with E-state index in [0.717, 1.165) is 27.7 Å². The Morgan fingerprint density at radius 2 is 1.28 bits per heavy atom. The number of hydrogen-bond acceptors (Lipinski definition) is 16. The molecule has 16 nitrogen and oxygen atoms in total. The molecule has 1 heterocycles. The number of carbonyl (C=O) groups excluding carboxylic acids is 4. The molecule has 1 aliphatic heterocycles. The van der Waals surface area contributed by atoms with Crippen LogP contribution in [0.4, 0.5) is 0 Å². The summed E-state index contributed by atoms with van der Waals surface area (Å²) in [5.41, 5.74) is 0.601. The third-order valence-electron chi connectivity index (χ3n) is 6.15. The van der Waals surface area contributed by atoms with E-state index in [-0.39, 0.29) is 23.0 Å². The van der Waals surface area contributed by atoms with Crippen LogP contribution >= 0.6 is 15.9 Å². The average Bonchev–Trinajstić information content (AvgIpc) is 2.98. The van der Waals surface area contributed by atoms with Crippen molar-refractivity contribution in [1.82, 2.24) is 0 Å². The van der Waals surface area contributed by atoms with Crippen molar-refractivity contribution in [3.63, 3.8) is 0 Å². The Kier molecular flexibility index (Phi) is 13.1. The van der Waals surface area contributed by atoms with Gasteiger partial charge < -0.3 is 46.3 Å². The summed E-state index contributed by atoms with van der Waals surface area (Å²) < 4.78 is 80.1. The SMILES string of the molecule is COc1cc(OS(=O)(=O)Oc2ccccc2OC2O[C@H](COC(C)=O)[C@H](OC(C)=O)[C@H](OC(C)=O)[C@H]2OC(C)=O)cc(OC)c1CBr. The summed E-state index contributed by atoms with van der Waals surface area (Å²) in [6.45, 7) is 3.83. The number of benzene rings is 2. The first-order valence-electron chi connectivity index (χ1n) is 13.7. The lowest BCUT2D eigenvalue weighted by Gasteiger charge is -2.43. The minimum Gasteiger partial charge on any atom is -0.496 e. The van der Waals surface area contributed by atoms with E-state index in [2.05, 4.69) is 15.9 Å².